The maximum atomic E-state index is 11.3. The number of diazo groups is 1. The summed E-state index contributed by atoms with van der Waals surface area (Å²) in [6.45, 7) is 1.58. The third kappa shape index (κ3) is 2.04. The van der Waals surface area contributed by atoms with Gasteiger partial charge >= 0.3 is 5.69 Å². The average molecular weight is 197 g/mol. The fraction of sp³-hybridized carbons (Fsp3) is 0.250. The van der Waals surface area contributed by atoms with Gasteiger partial charge in [-0.3, -0.25) is 0 Å². The Morgan fingerprint density at radius 1 is 1.31 bits per heavy atom. The zero-order chi connectivity index (χ0) is 9.90. The molecule has 0 fully saturated rings. The summed E-state index contributed by atoms with van der Waals surface area (Å²) in [7, 11) is -3.15. The number of hydrogen-bond donors (Lipinski definition) is 0. The van der Waals surface area contributed by atoms with Crippen LogP contribution in [0.2, 0.25) is 0 Å². The van der Waals surface area contributed by atoms with Crippen LogP contribution in [0, 0.1) is 5.39 Å². The van der Waals surface area contributed by atoms with Crippen LogP contribution in [0.25, 0.3) is 4.98 Å². The van der Waals surface area contributed by atoms with Gasteiger partial charge in [-0.1, -0.05) is 6.92 Å². The number of rotatable bonds is 2. The Bertz CT molecular complexity index is 428. The van der Waals surface area contributed by atoms with Crippen molar-refractivity contribution in [2.45, 2.75) is 11.8 Å². The molecule has 0 saturated heterocycles. The van der Waals surface area contributed by atoms with Gasteiger partial charge in [-0.2, -0.15) is 0 Å². The Morgan fingerprint density at radius 3 is 2.23 bits per heavy atom. The molecule has 1 rings (SSSR count). The highest BCUT2D eigenvalue weighted by atomic mass is 32.2. The molecule has 1 aromatic carbocycles. The van der Waals surface area contributed by atoms with Gasteiger partial charge in [0.25, 0.3) is 0 Å². The third-order valence-corrected chi connectivity index (χ3v) is 3.44. The van der Waals surface area contributed by atoms with E-state index in [1.165, 1.54) is 24.3 Å². The lowest BCUT2D eigenvalue weighted by Gasteiger charge is -1.97. The first-order chi connectivity index (χ1) is 6.10. The Morgan fingerprint density at radius 2 is 1.85 bits per heavy atom. The highest BCUT2D eigenvalue weighted by Gasteiger charge is 2.12. The number of nitrogens with zero attached hydrogens (tertiary/aromatic N) is 2. The van der Waals surface area contributed by atoms with Crippen molar-refractivity contribution >= 4 is 15.5 Å². The molecule has 0 amide bonds. The minimum atomic E-state index is -3.15. The molecule has 0 radical (unpaired) electrons. The topological polar surface area (TPSA) is 62.3 Å². The van der Waals surface area contributed by atoms with Crippen molar-refractivity contribution in [3.8, 4) is 0 Å². The normalized spacial score (nSPS) is 10.8. The molecule has 0 bridgehead atoms. The van der Waals surface area contributed by atoms with Gasteiger partial charge in [-0.05, 0) is 12.1 Å². The molecule has 0 spiro atoms. The van der Waals surface area contributed by atoms with E-state index in [4.69, 9.17) is 5.39 Å². The van der Waals surface area contributed by atoms with Crippen LogP contribution >= 0.6 is 0 Å². The largest absolute Gasteiger partial charge is 0.385 e. The van der Waals surface area contributed by atoms with Gasteiger partial charge in [0, 0.05) is 12.1 Å². The lowest BCUT2D eigenvalue weighted by molar-refractivity contribution is 0.597. The monoisotopic (exact) mass is 197 g/mol. The van der Waals surface area contributed by atoms with E-state index in [2.05, 4.69) is 4.98 Å². The molecule has 0 aromatic heterocycles. The van der Waals surface area contributed by atoms with Crippen LogP contribution < -0.4 is 0 Å². The van der Waals surface area contributed by atoms with Crippen molar-refractivity contribution in [1.29, 1.82) is 5.39 Å². The Balaban J connectivity index is 3.15. The second-order valence-corrected chi connectivity index (χ2v) is 4.78. The van der Waals surface area contributed by atoms with Crippen LogP contribution in [-0.2, 0) is 9.84 Å². The van der Waals surface area contributed by atoms with Crippen LogP contribution in [0.3, 0.4) is 0 Å². The van der Waals surface area contributed by atoms with Gasteiger partial charge in [-0.25, -0.2) is 8.42 Å². The number of benzene rings is 1. The Labute approximate surface area is 76.7 Å². The molecule has 0 atom stereocenters. The summed E-state index contributed by atoms with van der Waals surface area (Å²) in [4.78, 5) is 3.18. The molecule has 13 heavy (non-hydrogen) atoms. The average Bonchev–Trinajstić information content (AvgIpc) is 2.18. The first kappa shape index (κ1) is 9.68. The van der Waals surface area contributed by atoms with Crippen LogP contribution in [0.15, 0.2) is 29.2 Å². The molecule has 0 aliphatic carbocycles. The van der Waals surface area contributed by atoms with Gasteiger partial charge in [0.05, 0.1) is 10.6 Å². The maximum Gasteiger partial charge on any atom is 0.385 e. The van der Waals surface area contributed by atoms with Crippen molar-refractivity contribution < 1.29 is 8.42 Å². The molecule has 0 N–H and O–H groups in total. The van der Waals surface area contributed by atoms with E-state index >= 15 is 0 Å². The fourth-order valence-electron chi connectivity index (χ4n) is 0.887. The van der Waals surface area contributed by atoms with E-state index in [0.29, 0.717) is 5.69 Å². The van der Waals surface area contributed by atoms with Gasteiger partial charge < -0.3 is 0 Å². The van der Waals surface area contributed by atoms with Crippen LogP contribution in [0.5, 0.6) is 0 Å². The second-order valence-electron chi connectivity index (χ2n) is 2.50. The second kappa shape index (κ2) is 3.54. The van der Waals surface area contributed by atoms with Gasteiger partial charge in [0.15, 0.2) is 14.8 Å². The summed E-state index contributed by atoms with van der Waals surface area (Å²) in [6, 6.07) is 5.74. The Hall–Kier alpha value is -1.41. The van der Waals surface area contributed by atoms with E-state index in [-0.39, 0.29) is 10.6 Å². The molecular weight excluding hydrogens is 188 g/mol. The van der Waals surface area contributed by atoms with Crippen LogP contribution in [-0.4, -0.2) is 14.2 Å². The van der Waals surface area contributed by atoms with Crippen molar-refractivity contribution in [2.24, 2.45) is 0 Å². The van der Waals surface area contributed by atoms with Crippen molar-refractivity contribution in [1.82, 2.24) is 0 Å². The first-order valence-corrected chi connectivity index (χ1v) is 5.43. The van der Waals surface area contributed by atoms with Crippen LogP contribution in [0.4, 0.5) is 5.69 Å². The summed E-state index contributed by atoms with van der Waals surface area (Å²) in [5, 5.41) is 8.36. The molecular formula is C8H9N2O2S+. The molecule has 5 heteroatoms. The van der Waals surface area contributed by atoms with E-state index in [1.54, 1.807) is 6.92 Å². The molecule has 0 aliphatic rings. The SMILES string of the molecule is CCS(=O)(=O)c1ccc([N+]#N)cc1. The van der Waals surface area contributed by atoms with Crippen molar-refractivity contribution in [3.05, 3.63) is 29.2 Å². The third-order valence-electron chi connectivity index (χ3n) is 1.69. The van der Waals surface area contributed by atoms with Gasteiger partial charge in [0.2, 0.25) is 5.39 Å². The number of sulfone groups is 1. The lowest BCUT2D eigenvalue weighted by atomic mass is 10.3. The Kier molecular flexibility index (Phi) is 2.63. The van der Waals surface area contributed by atoms with E-state index in [9.17, 15) is 8.42 Å². The predicted octanol–water partition coefficient (Wildman–Crippen LogP) is 1.96. The summed E-state index contributed by atoms with van der Waals surface area (Å²) in [5.74, 6) is 0.0720. The molecule has 4 nitrogen and oxygen atoms in total. The van der Waals surface area contributed by atoms with Gasteiger partial charge in [-0.15, -0.1) is 0 Å². The molecule has 0 unspecified atom stereocenters. The van der Waals surface area contributed by atoms with E-state index in [0.717, 1.165) is 0 Å². The standard InChI is InChI=1S/C8H9N2O2S/c1-2-13(11,12)8-5-3-7(10-9)4-6-8/h3-6H,2H2,1H3/q+1. The van der Waals surface area contributed by atoms with Gasteiger partial charge in [0.1, 0.15) is 0 Å². The summed E-state index contributed by atoms with van der Waals surface area (Å²) in [6.07, 6.45) is 0. The van der Waals surface area contributed by atoms with E-state index in [1.807, 2.05) is 0 Å². The van der Waals surface area contributed by atoms with E-state index < -0.39 is 9.84 Å². The maximum absolute atomic E-state index is 11.3. The zero-order valence-corrected chi connectivity index (χ0v) is 7.95. The lowest BCUT2D eigenvalue weighted by Crippen LogP contribution is -2.02. The van der Waals surface area contributed by atoms with Crippen molar-refractivity contribution in [3.63, 3.8) is 0 Å². The van der Waals surface area contributed by atoms with Crippen LogP contribution in [0.1, 0.15) is 6.92 Å². The highest BCUT2D eigenvalue weighted by molar-refractivity contribution is 7.91. The first-order valence-electron chi connectivity index (χ1n) is 3.78. The zero-order valence-electron chi connectivity index (χ0n) is 7.14. The smallest absolute Gasteiger partial charge is 0.224 e. The summed E-state index contributed by atoms with van der Waals surface area (Å²) in [5.41, 5.74) is 0.343. The quantitative estimate of drug-likeness (QED) is 0.681. The minimum absolute atomic E-state index is 0.0720. The van der Waals surface area contributed by atoms with Crippen molar-refractivity contribution in [2.75, 3.05) is 5.75 Å². The highest BCUT2D eigenvalue weighted by Crippen LogP contribution is 2.16. The molecule has 1 aromatic rings. The molecule has 0 aliphatic heterocycles. The minimum Gasteiger partial charge on any atom is -0.224 e. The molecule has 0 heterocycles. The number of hydrogen-bond acceptors (Lipinski definition) is 3. The summed E-state index contributed by atoms with van der Waals surface area (Å²) < 4.78 is 22.6. The fourth-order valence-corrected chi connectivity index (χ4v) is 1.77. The predicted molar refractivity (Wildman–Crippen MR) is 48.9 cm³/mol. The molecule has 0 saturated carbocycles. The molecule has 68 valence electrons. The summed E-state index contributed by atoms with van der Waals surface area (Å²) >= 11 is 0.